The zero-order chi connectivity index (χ0) is 15.5. The molecule has 1 spiro atoms. The zero-order valence-corrected chi connectivity index (χ0v) is 13.9. The predicted octanol–water partition coefficient (Wildman–Crippen LogP) is 2.30. The molecular weight excluding hydrogens is 260 g/mol. The monoisotopic (exact) mass is 290 g/mol. The molecule has 4 heteroatoms. The van der Waals surface area contributed by atoms with Crippen LogP contribution in [0.15, 0.2) is 16.9 Å². The van der Waals surface area contributed by atoms with Crippen LogP contribution in [0, 0.1) is 11.3 Å². The molecule has 3 rings (SSSR count). The van der Waals surface area contributed by atoms with Crippen LogP contribution in [0.25, 0.3) is 0 Å². The van der Waals surface area contributed by atoms with E-state index in [4.69, 9.17) is 16.5 Å². The molecule has 1 heterocycles. The van der Waals surface area contributed by atoms with Crippen molar-refractivity contribution in [1.82, 2.24) is 5.32 Å². The van der Waals surface area contributed by atoms with E-state index in [1.165, 1.54) is 25.7 Å². The summed E-state index contributed by atoms with van der Waals surface area (Å²) in [6, 6.07) is 0.434. The minimum atomic E-state index is -0.242. The number of hydrogen-bond acceptors (Lipinski definition) is 4. The fourth-order valence-electron chi connectivity index (χ4n) is 4.40. The van der Waals surface area contributed by atoms with Gasteiger partial charge in [-0.25, -0.2) is 4.99 Å². The molecule has 0 aromatic heterocycles. The summed E-state index contributed by atoms with van der Waals surface area (Å²) in [6.45, 7) is 8.55. The second-order valence-corrected chi connectivity index (χ2v) is 8.68. The van der Waals surface area contributed by atoms with E-state index in [1.807, 2.05) is 0 Å². The molecule has 4 nitrogen and oxygen atoms in total. The quantitative estimate of drug-likeness (QED) is 0.730. The van der Waals surface area contributed by atoms with Crippen molar-refractivity contribution in [3.63, 3.8) is 0 Å². The van der Waals surface area contributed by atoms with E-state index in [0.29, 0.717) is 17.4 Å². The van der Waals surface area contributed by atoms with Crippen LogP contribution in [-0.2, 0) is 0 Å². The summed E-state index contributed by atoms with van der Waals surface area (Å²) in [5.41, 5.74) is 14.1. The molecule has 21 heavy (non-hydrogen) atoms. The van der Waals surface area contributed by atoms with Gasteiger partial charge in [-0.3, -0.25) is 0 Å². The van der Waals surface area contributed by atoms with Gasteiger partial charge in [0, 0.05) is 17.3 Å². The Morgan fingerprint density at radius 3 is 2.33 bits per heavy atom. The third-order valence-corrected chi connectivity index (χ3v) is 5.58. The Bertz CT molecular complexity index is 485. The van der Waals surface area contributed by atoms with Gasteiger partial charge in [-0.2, -0.15) is 0 Å². The van der Waals surface area contributed by atoms with Crippen LogP contribution in [0.1, 0.15) is 59.8 Å². The number of nitrogens with one attached hydrogen (secondary N) is 1. The van der Waals surface area contributed by atoms with Gasteiger partial charge >= 0.3 is 0 Å². The number of nitrogens with two attached hydrogens (primary N) is 2. The van der Waals surface area contributed by atoms with Crippen molar-refractivity contribution in [1.29, 1.82) is 0 Å². The lowest BCUT2D eigenvalue weighted by molar-refractivity contribution is -0.0573. The van der Waals surface area contributed by atoms with Crippen LogP contribution in [0.2, 0.25) is 0 Å². The van der Waals surface area contributed by atoms with E-state index in [9.17, 15) is 0 Å². The van der Waals surface area contributed by atoms with E-state index in [-0.39, 0.29) is 11.1 Å². The van der Waals surface area contributed by atoms with Crippen LogP contribution >= 0.6 is 0 Å². The maximum Gasteiger partial charge on any atom is 0.122 e. The minimum absolute atomic E-state index is 0.0345. The molecule has 1 aliphatic heterocycles. The van der Waals surface area contributed by atoms with E-state index in [1.54, 1.807) is 0 Å². The van der Waals surface area contributed by atoms with Crippen molar-refractivity contribution in [2.75, 3.05) is 0 Å². The second kappa shape index (κ2) is 4.56. The topological polar surface area (TPSA) is 76.4 Å². The fourth-order valence-corrected chi connectivity index (χ4v) is 4.40. The largest absolute Gasteiger partial charge is 0.366 e. The van der Waals surface area contributed by atoms with Gasteiger partial charge in [0.1, 0.15) is 5.82 Å². The molecule has 0 aromatic carbocycles. The molecule has 118 valence electrons. The van der Waals surface area contributed by atoms with Crippen molar-refractivity contribution in [3.05, 3.63) is 11.9 Å². The lowest BCUT2D eigenvalue weighted by Crippen LogP contribution is -2.64. The lowest BCUT2D eigenvalue weighted by Gasteiger charge is -2.61. The molecule has 2 fully saturated rings. The Balaban J connectivity index is 1.64. The Labute approximate surface area is 128 Å². The molecule has 0 bridgehead atoms. The third kappa shape index (κ3) is 2.64. The summed E-state index contributed by atoms with van der Waals surface area (Å²) in [5.74, 6) is 1.54. The first kappa shape index (κ1) is 15.0. The Morgan fingerprint density at radius 1 is 1.24 bits per heavy atom. The van der Waals surface area contributed by atoms with Crippen molar-refractivity contribution >= 4 is 5.71 Å². The van der Waals surface area contributed by atoms with Gasteiger partial charge in [0.15, 0.2) is 0 Å². The van der Waals surface area contributed by atoms with Crippen molar-refractivity contribution < 1.29 is 0 Å². The van der Waals surface area contributed by atoms with Gasteiger partial charge in [0.2, 0.25) is 0 Å². The molecular formula is C17H30N4. The SMILES string of the molecule is CC1=NC(NC(C)(C)C)=CCC1(N)C1CC2(CC(N)C2)C1. The van der Waals surface area contributed by atoms with Gasteiger partial charge < -0.3 is 16.8 Å². The smallest absolute Gasteiger partial charge is 0.122 e. The number of aliphatic imine (C=N–C) groups is 1. The molecule has 5 N–H and O–H groups in total. The van der Waals surface area contributed by atoms with Gasteiger partial charge in [0.25, 0.3) is 0 Å². The van der Waals surface area contributed by atoms with Crippen LogP contribution < -0.4 is 16.8 Å². The minimum Gasteiger partial charge on any atom is -0.366 e. The molecule has 0 aromatic rings. The number of nitrogens with zero attached hydrogens (tertiary/aromatic N) is 1. The highest BCUT2D eigenvalue weighted by molar-refractivity contribution is 5.93. The average molecular weight is 290 g/mol. The first-order valence-electron chi connectivity index (χ1n) is 8.21. The lowest BCUT2D eigenvalue weighted by atomic mass is 9.46. The molecule has 0 saturated heterocycles. The summed E-state index contributed by atoms with van der Waals surface area (Å²) >= 11 is 0. The normalized spacial score (nSPS) is 42.8. The summed E-state index contributed by atoms with van der Waals surface area (Å²) in [6.07, 6.45) is 7.94. The molecule has 3 aliphatic rings. The van der Waals surface area contributed by atoms with E-state index >= 15 is 0 Å². The standard InChI is InChI=1S/C17H30N4/c1-11-17(19,6-5-14(20-11)21-15(2,3)4)12-7-16(8-12)9-13(18)10-16/h5,12-13,21H,6-10,18-19H2,1-4H3. The van der Waals surface area contributed by atoms with Gasteiger partial charge in [-0.05, 0) is 77.2 Å². The van der Waals surface area contributed by atoms with E-state index in [2.05, 4.69) is 39.1 Å². The molecule has 0 radical (unpaired) electrons. The second-order valence-electron chi connectivity index (χ2n) is 8.68. The third-order valence-electron chi connectivity index (χ3n) is 5.58. The van der Waals surface area contributed by atoms with Crippen molar-refractivity contribution in [3.8, 4) is 0 Å². The highest BCUT2D eigenvalue weighted by Gasteiger charge is 2.57. The van der Waals surface area contributed by atoms with Crippen LogP contribution in [0.5, 0.6) is 0 Å². The first-order chi connectivity index (χ1) is 9.62. The Hall–Kier alpha value is -0.870. The van der Waals surface area contributed by atoms with E-state index in [0.717, 1.165) is 18.0 Å². The van der Waals surface area contributed by atoms with Gasteiger partial charge in [-0.15, -0.1) is 0 Å². The number of hydrogen-bond donors (Lipinski definition) is 3. The summed E-state index contributed by atoms with van der Waals surface area (Å²) < 4.78 is 0. The molecule has 2 saturated carbocycles. The molecule has 1 unspecified atom stereocenters. The van der Waals surface area contributed by atoms with Gasteiger partial charge in [-0.1, -0.05) is 0 Å². The predicted molar refractivity (Wildman–Crippen MR) is 88.0 cm³/mol. The highest BCUT2D eigenvalue weighted by atomic mass is 15.1. The average Bonchev–Trinajstić information content (AvgIpc) is 2.25. The van der Waals surface area contributed by atoms with Crippen LogP contribution in [-0.4, -0.2) is 22.8 Å². The number of rotatable bonds is 2. The zero-order valence-electron chi connectivity index (χ0n) is 13.9. The fraction of sp³-hybridized carbons (Fsp3) is 0.824. The maximum absolute atomic E-state index is 6.73. The van der Waals surface area contributed by atoms with Crippen LogP contribution in [0.3, 0.4) is 0 Å². The highest BCUT2D eigenvalue weighted by Crippen LogP contribution is 2.61. The Kier molecular flexibility index (Phi) is 3.27. The summed E-state index contributed by atoms with van der Waals surface area (Å²) in [7, 11) is 0. The molecule has 1 atom stereocenters. The van der Waals surface area contributed by atoms with Gasteiger partial charge in [0.05, 0.1) is 5.54 Å². The maximum atomic E-state index is 6.73. The molecule has 2 aliphatic carbocycles. The van der Waals surface area contributed by atoms with Crippen LogP contribution in [0.4, 0.5) is 0 Å². The van der Waals surface area contributed by atoms with E-state index < -0.39 is 0 Å². The Morgan fingerprint density at radius 2 is 1.86 bits per heavy atom. The van der Waals surface area contributed by atoms with Crippen molar-refractivity contribution in [2.45, 2.75) is 76.9 Å². The summed E-state index contributed by atoms with van der Waals surface area (Å²) in [5, 5.41) is 3.45. The van der Waals surface area contributed by atoms with Crippen molar-refractivity contribution in [2.24, 2.45) is 27.8 Å². The summed E-state index contributed by atoms with van der Waals surface area (Å²) in [4.78, 5) is 4.75. The first-order valence-corrected chi connectivity index (χ1v) is 8.21. The molecule has 0 amide bonds.